The Hall–Kier alpha value is -3.26. The first-order valence-corrected chi connectivity index (χ1v) is 17.9. The maximum absolute atomic E-state index is 16.1. The molecule has 0 heterocycles. The molecule has 0 fully saturated rings. The molecular formula is C38H52FNO4Si. The summed E-state index contributed by atoms with van der Waals surface area (Å²) in [5.41, 5.74) is 0.126. The lowest BCUT2D eigenvalue weighted by atomic mass is 9.94. The van der Waals surface area contributed by atoms with Gasteiger partial charge in [-0.25, -0.2) is 9.18 Å². The van der Waals surface area contributed by atoms with Crippen molar-refractivity contribution in [2.75, 3.05) is 6.61 Å². The summed E-state index contributed by atoms with van der Waals surface area (Å²) in [6, 6.07) is 29.2. The molecule has 0 aromatic heterocycles. The van der Waals surface area contributed by atoms with Gasteiger partial charge in [-0.15, -0.1) is 0 Å². The van der Waals surface area contributed by atoms with Gasteiger partial charge in [0, 0.05) is 12.5 Å². The van der Waals surface area contributed by atoms with Crippen molar-refractivity contribution in [1.29, 1.82) is 0 Å². The van der Waals surface area contributed by atoms with E-state index in [0.29, 0.717) is 6.42 Å². The van der Waals surface area contributed by atoms with Crippen LogP contribution in [0.4, 0.5) is 9.18 Å². The lowest BCUT2D eigenvalue weighted by molar-refractivity contribution is 0.0434. The third-order valence-electron chi connectivity index (χ3n) is 7.76. The van der Waals surface area contributed by atoms with Crippen LogP contribution < -0.4 is 15.7 Å². The molecule has 0 aliphatic carbocycles. The number of halogens is 1. The molecule has 45 heavy (non-hydrogen) atoms. The lowest BCUT2D eigenvalue weighted by Gasteiger charge is -2.43. The Morgan fingerprint density at radius 3 is 1.80 bits per heavy atom. The minimum atomic E-state index is -2.85. The smallest absolute Gasteiger partial charge is 0.407 e. The second-order valence-corrected chi connectivity index (χ2v) is 18.6. The maximum atomic E-state index is 16.1. The van der Waals surface area contributed by atoms with Crippen LogP contribution in [0.1, 0.15) is 67.4 Å². The van der Waals surface area contributed by atoms with E-state index in [1.165, 1.54) is 6.08 Å². The number of carbonyl (C=O) groups excluding carboxylic acids is 1. The van der Waals surface area contributed by atoms with E-state index >= 15 is 4.39 Å². The molecule has 3 rings (SSSR count). The van der Waals surface area contributed by atoms with E-state index in [-0.39, 0.29) is 29.9 Å². The van der Waals surface area contributed by atoms with Crippen molar-refractivity contribution in [1.82, 2.24) is 5.32 Å². The van der Waals surface area contributed by atoms with E-state index in [0.717, 1.165) is 15.9 Å². The normalized spacial score (nSPS) is 15.0. The SMILES string of the molecule is CC(C)CC(/C=C(\F)[C@@H](O)[C@@H](Cc1ccccc1)NC(=O)OC(C)(C)C)CO[Si](c1ccccc1)(c1ccccc1)C(C)(C)C. The zero-order valence-corrected chi connectivity index (χ0v) is 29.2. The van der Waals surface area contributed by atoms with Crippen LogP contribution in [0.2, 0.25) is 5.04 Å². The summed E-state index contributed by atoms with van der Waals surface area (Å²) in [5, 5.41) is 16.1. The van der Waals surface area contributed by atoms with Crippen LogP contribution in [0.15, 0.2) is 103 Å². The Kier molecular flexibility index (Phi) is 12.7. The highest BCUT2D eigenvalue weighted by atomic mass is 28.4. The van der Waals surface area contributed by atoms with E-state index in [2.05, 4.69) is 64.2 Å². The Morgan fingerprint density at radius 1 is 0.867 bits per heavy atom. The summed E-state index contributed by atoms with van der Waals surface area (Å²) in [4.78, 5) is 12.7. The molecule has 1 amide bonds. The highest BCUT2D eigenvalue weighted by Gasteiger charge is 2.50. The van der Waals surface area contributed by atoms with Gasteiger partial charge in [0.05, 0.1) is 6.04 Å². The summed E-state index contributed by atoms with van der Waals surface area (Å²) in [5.74, 6) is -0.733. The highest BCUT2D eigenvalue weighted by Crippen LogP contribution is 2.37. The molecule has 0 saturated carbocycles. The molecule has 2 N–H and O–H groups in total. The molecule has 0 aliphatic heterocycles. The molecule has 3 aromatic carbocycles. The maximum Gasteiger partial charge on any atom is 0.407 e. The first kappa shape index (κ1) is 36.2. The number of amides is 1. The number of ether oxygens (including phenoxy) is 1. The van der Waals surface area contributed by atoms with Crippen LogP contribution in [0.3, 0.4) is 0 Å². The second-order valence-electron chi connectivity index (χ2n) is 14.3. The Balaban J connectivity index is 1.96. The number of rotatable bonds is 13. The Morgan fingerprint density at radius 2 is 1.36 bits per heavy atom. The predicted molar refractivity (Wildman–Crippen MR) is 185 cm³/mol. The van der Waals surface area contributed by atoms with E-state index in [4.69, 9.17) is 9.16 Å². The van der Waals surface area contributed by atoms with E-state index in [9.17, 15) is 9.90 Å². The molecular weight excluding hydrogens is 582 g/mol. The number of alkyl carbamates (subject to hydrolysis) is 1. The highest BCUT2D eigenvalue weighted by molar-refractivity contribution is 6.99. The summed E-state index contributed by atoms with van der Waals surface area (Å²) in [7, 11) is -2.85. The minimum Gasteiger partial charge on any atom is -0.444 e. The number of aliphatic hydroxyl groups excluding tert-OH is 1. The van der Waals surface area contributed by atoms with E-state index in [1.807, 2.05) is 66.7 Å². The van der Waals surface area contributed by atoms with Gasteiger partial charge in [0.15, 0.2) is 0 Å². The molecule has 1 unspecified atom stereocenters. The zero-order chi connectivity index (χ0) is 33.3. The van der Waals surface area contributed by atoms with E-state index in [1.54, 1.807) is 20.8 Å². The van der Waals surface area contributed by atoms with Gasteiger partial charge in [-0.3, -0.25) is 0 Å². The van der Waals surface area contributed by atoms with Gasteiger partial charge in [-0.1, -0.05) is 126 Å². The average molecular weight is 634 g/mol. The number of benzene rings is 3. The molecule has 7 heteroatoms. The van der Waals surface area contributed by atoms with Gasteiger partial charge in [-0.05, 0) is 66.6 Å². The summed E-state index contributed by atoms with van der Waals surface area (Å²) >= 11 is 0. The van der Waals surface area contributed by atoms with Crippen LogP contribution >= 0.6 is 0 Å². The van der Waals surface area contributed by atoms with Crippen molar-refractivity contribution in [3.63, 3.8) is 0 Å². The fourth-order valence-corrected chi connectivity index (χ4v) is 10.5. The lowest BCUT2D eigenvalue weighted by Crippen LogP contribution is -2.66. The van der Waals surface area contributed by atoms with Crippen molar-refractivity contribution in [3.05, 3.63) is 108 Å². The average Bonchev–Trinajstić information content (AvgIpc) is 2.96. The van der Waals surface area contributed by atoms with Gasteiger partial charge in [0.25, 0.3) is 8.32 Å². The van der Waals surface area contributed by atoms with Crippen molar-refractivity contribution < 1.29 is 23.5 Å². The van der Waals surface area contributed by atoms with Crippen molar-refractivity contribution >= 4 is 24.8 Å². The fourth-order valence-electron chi connectivity index (χ4n) is 5.87. The molecule has 5 nitrogen and oxygen atoms in total. The van der Waals surface area contributed by atoms with Crippen molar-refractivity contribution in [3.8, 4) is 0 Å². The number of nitrogens with one attached hydrogen (secondary N) is 1. The topological polar surface area (TPSA) is 67.8 Å². The van der Waals surface area contributed by atoms with Crippen molar-refractivity contribution in [2.45, 2.75) is 91.0 Å². The molecule has 0 bridgehead atoms. The second kappa shape index (κ2) is 15.8. The summed E-state index contributed by atoms with van der Waals surface area (Å²) in [6.45, 7) is 16.4. The number of aliphatic hydroxyl groups is 1. The first-order valence-electron chi connectivity index (χ1n) is 16.0. The number of hydrogen-bond donors (Lipinski definition) is 2. The standard InChI is InChI=1S/C38H52FNO4Si/c1-28(2)24-30(27-43-45(38(6,7)8,31-20-14-10-15-21-31)32-22-16-11-17-23-32)25-33(39)35(41)34(26-29-18-12-9-13-19-29)40-36(42)44-37(3,4)5/h9-23,25,28,30,34-35,41H,24,26-27H2,1-8H3,(H,40,42)/b33-25-/t30?,34-,35-/m1/s1. The van der Waals surface area contributed by atoms with Gasteiger partial charge >= 0.3 is 6.09 Å². The molecule has 3 atom stereocenters. The van der Waals surface area contributed by atoms with Crippen molar-refractivity contribution in [2.24, 2.45) is 11.8 Å². The first-order chi connectivity index (χ1) is 21.1. The number of hydrogen-bond acceptors (Lipinski definition) is 4. The quantitative estimate of drug-likeness (QED) is 0.191. The van der Waals surface area contributed by atoms with Gasteiger partial charge in [0.1, 0.15) is 17.5 Å². The zero-order valence-electron chi connectivity index (χ0n) is 28.2. The van der Waals surface area contributed by atoms with Crippen LogP contribution in [0, 0.1) is 11.8 Å². The minimum absolute atomic E-state index is 0.224. The van der Waals surface area contributed by atoms with E-state index < -0.39 is 38.0 Å². The monoisotopic (exact) mass is 633 g/mol. The summed E-state index contributed by atoms with van der Waals surface area (Å²) in [6.07, 6.45) is 0.123. The molecule has 244 valence electrons. The van der Waals surface area contributed by atoms with Crippen LogP contribution in [-0.4, -0.2) is 43.9 Å². The Bertz CT molecular complexity index is 1310. The largest absolute Gasteiger partial charge is 0.444 e. The third kappa shape index (κ3) is 10.4. The third-order valence-corrected chi connectivity index (χ3v) is 12.8. The summed E-state index contributed by atoms with van der Waals surface area (Å²) < 4.78 is 28.7. The van der Waals surface area contributed by atoms with Crippen LogP contribution in [0.25, 0.3) is 0 Å². The van der Waals surface area contributed by atoms with Gasteiger partial charge in [-0.2, -0.15) is 0 Å². The van der Waals surface area contributed by atoms with Crippen LogP contribution in [-0.2, 0) is 15.6 Å². The van der Waals surface area contributed by atoms with Crippen LogP contribution in [0.5, 0.6) is 0 Å². The van der Waals surface area contributed by atoms with Gasteiger partial charge < -0.3 is 19.6 Å². The van der Waals surface area contributed by atoms with Gasteiger partial charge in [0.2, 0.25) is 0 Å². The Labute approximate surface area is 271 Å². The molecule has 3 aromatic rings. The fraction of sp³-hybridized carbons (Fsp3) is 0.447. The number of carbonyl (C=O) groups is 1. The predicted octanol–water partition coefficient (Wildman–Crippen LogP) is 7.58. The molecule has 0 saturated heterocycles. The molecule has 0 aliphatic rings. The molecule has 0 spiro atoms. The molecule has 0 radical (unpaired) electrons.